The highest BCUT2D eigenvalue weighted by molar-refractivity contribution is 5.95. The molecule has 0 aliphatic carbocycles. The molecule has 1 unspecified atom stereocenters. The highest BCUT2D eigenvalue weighted by atomic mass is 19.1. The second kappa shape index (κ2) is 10.4. The Kier molecular flexibility index (Phi) is 6.72. The Labute approximate surface area is 212 Å². The number of nitrogens with zero attached hydrogens (tertiary/aromatic N) is 1. The van der Waals surface area contributed by atoms with E-state index in [0.29, 0.717) is 46.7 Å². The minimum absolute atomic E-state index is 0.135. The van der Waals surface area contributed by atoms with E-state index >= 15 is 0 Å². The normalized spacial score (nSPS) is 16.0. The van der Waals surface area contributed by atoms with Crippen molar-refractivity contribution in [3.63, 3.8) is 0 Å². The average Bonchev–Trinajstić information content (AvgIpc) is 3.38. The molecular weight excluding hydrogens is 477 g/mol. The zero-order chi connectivity index (χ0) is 25.8. The van der Waals surface area contributed by atoms with Crippen LogP contribution in [0.2, 0.25) is 0 Å². The maximum absolute atomic E-state index is 13.6. The quantitative estimate of drug-likeness (QED) is 0.466. The molecule has 2 aliphatic heterocycles. The number of urea groups is 1. The van der Waals surface area contributed by atoms with Gasteiger partial charge in [-0.15, -0.1) is 0 Å². The number of hydrogen-bond acceptors (Lipinski definition) is 6. The van der Waals surface area contributed by atoms with Crippen molar-refractivity contribution >= 4 is 12.0 Å². The first kappa shape index (κ1) is 23.9. The number of halogens is 1. The number of nitriles is 1. The summed E-state index contributed by atoms with van der Waals surface area (Å²) < 4.78 is 30.0. The fourth-order valence-corrected chi connectivity index (χ4v) is 4.28. The molecule has 2 N–H and O–H groups in total. The number of hydrogen-bond donors (Lipinski definition) is 2. The van der Waals surface area contributed by atoms with Crippen LogP contribution in [0.1, 0.15) is 34.7 Å². The van der Waals surface area contributed by atoms with E-state index < -0.39 is 23.9 Å². The molecular formula is C28H22FN3O5. The van der Waals surface area contributed by atoms with Crippen molar-refractivity contribution in [3.05, 3.63) is 106 Å². The Bertz CT molecular complexity index is 1430. The molecule has 5 rings (SSSR count). The van der Waals surface area contributed by atoms with Crippen LogP contribution in [-0.4, -0.2) is 18.8 Å². The summed E-state index contributed by atoms with van der Waals surface area (Å²) in [4.78, 5) is 26.0. The highest BCUT2D eigenvalue weighted by Gasteiger charge is 2.33. The molecule has 37 heavy (non-hydrogen) atoms. The number of nitrogens with one attached hydrogen (secondary N) is 2. The molecule has 0 bridgehead atoms. The lowest BCUT2D eigenvalue weighted by atomic mass is 9.92. The van der Waals surface area contributed by atoms with Crippen molar-refractivity contribution in [1.82, 2.24) is 10.6 Å². The number of ether oxygens (including phenoxy) is 3. The number of aryl methyl sites for hydroxylation is 1. The fourth-order valence-electron chi connectivity index (χ4n) is 4.28. The minimum Gasteiger partial charge on any atom is -0.457 e. The van der Waals surface area contributed by atoms with Gasteiger partial charge < -0.3 is 24.8 Å². The average molecular weight is 499 g/mol. The Morgan fingerprint density at radius 3 is 2.62 bits per heavy atom. The number of allylic oxidation sites excluding steroid dienone is 1. The van der Waals surface area contributed by atoms with Crippen molar-refractivity contribution in [2.24, 2.45) is 0 Å². The van der Waals surface area contributed by atoms with Crippen molar-refractivity contribution < 1.29 is 28.2 Å². The van der Waals surface area contributed by atoms with Crippen molar-refractivity contribution in [2.45, 2.75) is 25.5 Å². The van der Waals surface area contributed by atoms with E-state index in [4.69, 9.17) is 19.5 Å². The predicted octanol–water partition coefficient (Wildman–Crippen LogP) is 4.41. The van der Waals surface area contributed by atoms with Crippen molar-refractivity contribution in [2.75, 3.05) is 6.79 Å². The summed E-state index contributed by atoms with van der Waals surface area (Å²) in [6, 6.07) is 18.8. The summed E-state index contributed by atoms with van der Waals surface area (Å²) in [5.41, 5.74) is 3.16. The molecule has 0 fully saturated rings. The zero-order valence-corrected chi connectivity index (χ0v) is 19.6. The minimum atomic E-state index is -0.798. The first-order chi connectivity index (χ1) is 18.0. The third kappa shape index (κ3) is 5.38. The van der Waals surface area contributed by atoms with Crippen LogP contribution in [0.5, 0.6) is 11.5 Å². The highest BCUT2D eigenvalue weighted by Crippen LogP contribution is 2.34. The van der Waals surface area contributed by atoms with Gasteiger partial charge in [-0.1, -0.05) is 30.3 Å². The lowest BCUT2D eigenvalue weighted by Crippen LogP contribution is -2.46. The van der Waals surface area contributed by atoms with Gasteiger partial charge in [0.1, 0.15) is 12.4 Å². The van der Waals surface area contributed by atoms with Gasteiger partial charge in [0, 0.05) is 5.70 Å². The van der Waals surface area contributed by atoms with Gasteiger partial charge >= 0.3 is 12.0 Å². The van der Waals surface area contributed by atoms with Gasteiger partial charge in [-0.3, -0.25) is 0 Å². The number of fused-ring (bicyclic) bond motifs is 1. The number of carbonyl (C=O) groups is 2. The van der Waals surface area contributed by atoms with Crippen molar-refractivity contribution in [3.8, 4) is 17.6 Å². The molecule has 186 valence electrons. The topological polar surface area (TPSA) is 110 Å². The fraction of sp³-hybridized carbons (Fsp3) is 0.179. The van der Waals surface area contributed by atoms with Gasteiger partial charge in [-0.25, -0.2) is 14.0 Å². The van der Waals surface area contributed by atoms with Gasteiger partial charge in [0.15, 0.2) is 11.5 Å². The van der Waals surface area contributed by atoms with Crippen LogP contribution >= 0.6 is 0 Å². The molecule has 0 aromatic heterocycles. The molecule has 0 saturated heterocycles. The van der Waals surface area contributed by atoms with E-state index in [1.165, 1.54) is 18.2 Å². The number of carbonyl (C=O) groups excluding carboxylic acids is 2. The lowest BCUT2D eigenvalue weighted by Gasteiger charge is -2.29. The van der Waals surface area contributed by atoms with E-state index in [0.717, 1.165) is 5.56 Å². The van der Waals surface area contributed by atoms with Gasteiger partial charge in [-0.2, -0.15) is 5.26 Å². The number of amides is 2. The molecule has 9 heteroatoms. The summed E-state index contributed by atoms with van der Waals surface area (Å²) >= 11 is 0. The van der Waals surface area contributed by atoms with E-state index in [1.807, 2.05) is 18.2 Å². The van der Waals surface area contributed by atoms with Crippen LogP contribution in [0.3, 0.4) is 0 Å². The van der Waals surface area contributed by atoms with E-state index in [1.54, 1.807) is 30.3 Å². The van der Waals surface area contributed by atoms with Crippen molar-refractivity contribution in [1.29, 1.82) is 5.26 Å². The van der Waals surface area contributed by atoms with Gasteiger partial charge in [-0.05, 0) is 65.9 Å². The second-order valence-electron chi connectivity index (χ2n) is 8.55. The maximum Gasteiger partial charge on any atom is 0.338 e. The molecule has 2 heterocycles. The largest absolute Gasteiger partial charge is 0.457 e. The van der Waals surface area contributed by atoms with Crippen LogP contribution in [0.4, 0.5) is 9.18 Å². The summed E-state index contributed by atoms with van der Waals surface area (Å²) in [6.07, 6.45) is 0.845. The molecule has 3 aromatic rings. The predicted molar refractivity (Wildman–Crippen MR) is 130 cm³/mol. The first-order valence-corrected chi connectivity index (χ1v) is 11.6. The number of rotatable bonds is 7. The Hall–Kier alpha value is -4.84. The van der Waals surface area contributed by atoms with E-state index in [2.05, 4.69) is 16.7 Å². The second-order valence-corrected chi connectivity index (χ2v) is 8.55. The zero-order valence-electron chi connectivity index (χ0n) is 19.6. The summed E-state index contributed by atoms with van der Waals surface area (Å²) in [5, 5.41) is 14.7. The SMILES string of the molecule is N#Cc1ccc(C2NC(=O)NC(CCc3ccc4c(c3)OCO4)=C2C(=O)OCc2cccc(F)c2)cc1. The molecule has 8 nitrogen and oxygen atoms in total. The Morgan fingerprint density at radius 2 is 1.84 bits per heavy atom. The monoisotopic (exact) mass is 499 g/mol. The molecule has 1 atom stereocenters. The standard InChI is InChI=1S/C28H22FN3O5/c29-21-3-1-2-19(12-21)15-35-27(33)25-22(10-6-17-7-11-23-24(13-17)37-16-36-23)31-28(34)32-26(25)20-8-4-18(14-30)5-9-20/h1-5,7-9,11-13,26H,6,10,15-16H2,(H2,31,32,34). The lowest BCUT2D eigenvalue weighted by molar-refractivity contribution is -0.140. The smallest absolute Gasteiger partial charge is 0.338 e. The number of benzene rings is 3. The molecule has 0 spiro atoms. The number of esters is 1. The maximum atomic E-state index is 13.6. The summed E-state index contributed by atoms with van der Waals surface area (Å²) in [7, 11) is 0. The van der Waals surface area contributed by atoms with Gasteiger partial charge in [0.2, 0.25) is 6.79 Å². The first-order valence-electron chi connectivity index (χ1n) is 11.6. The third-order valence-corrected chi connectivity index (χ3v) is 6.11. The molecule has 0 saturated carbocycles. The molecule has 2 aliphatic rings. The van der Waals surface area contributed by atoms with Crippen LogP contribution in [0.15, 0.2) is 78.0 Å². The summed E-state index contributed by atoms with van der Waals surface area (Å²) in [5.74, 6) is 0.234. The summed E-state index contributed by atoms with van der Waals surface area (Å²) in [6.45, 7) is 0.0306. The van der Waals surface area contributed by atoms with Crippen LogP contribution in [-0.2, 0) is 22.6 Å². The van der Waals surface area contributed by atoms with E-state index in [-0.39, 0.29) is 19.0 Å². The molecule has 0 radical (unpaired) electrons. The van der Waals surface area contributed by atoms with E-state index in [9.17, 15) is 14.0 Å². The molecule has 2 amide bonds. The Balaban J connectivity index is 1.44. The Morgan fingerprint density at radius 1 is 1.03 bits per heavy atom. The molecule has 3 aromatic carbocycles. The van der Waals surface area contributed by atoms with Gasteiger partial charge in [0.25, 0.3) is 0 Å². The van der Waals surface area contributed by atoms with Crippen LogP contribution in [0, 0.1) is 17.1 Å². The van der Waals surface area contributed by atoms with Crippen LogP contribution < -0.4 is 20.1 Å². The van der Waals surface area contributed by atoms with Gasteiger partial charge in [0.05, 0.1) is 23.2 Å². The third-order valence-electron chi connectivity index (χ3n) is 6.11. The van der Waals surface area contributed by atoms with Crippen LogP contribution in [0.25, 0.3) is 0 Å².